The van der Waals surface area contributed by atoms with Gasteiger partial charge in [0, 0.05) is 6.61 Å². The standard InChI is InChI=1S/C19H36O/c1-8-14-20-18(6)12-13-19(7)16(3,4)10-9-11-17(19,5)15(18)2/h15H,8-14H2,1-7H3/t15-,17+,18+,19-/m0/s1. The third-order valence-electron chi connectivity index (χ3n) is 7.88. The van der Waals surface area contributed by atoms with E-state index in [2.05, 4.69) is 48.5 Å². The molecule has 0 aromatic heterocycles. The summed E-state index contributed by atoms with van der Waals surface area (Å²) in [5.41, 5.74) is 1.40. The molecule has 0 saturated heterocycles. The molecule has 2 fully saturated rings. The molecule has 0 heterocycles. The van der Waals surface area contributed by atoms with Crippen LogP contribution in [0.4, 0.5) is 0 Å². The van der Waals surface area contributed by atoms with Crippen molar-refractivity contribution in [2.45, 2.75) is 92.6 Å². The lowest BCUT2D eigenvalue weighted by atomic mass is 9.39. The highest BCUT2D eigenvalue weighted by molar-refractivity contribution is 5.12. The van der Waals surface area contributed by atoms with Crippen molar-refractivity contribution in [1.82, 2.24) is 0 Å². The average molecular weight is 280 g/mol. The first kappa shape index (κ1) is 16.3. The van der Waals surface area contributed by atoms with Gasteiger partial charge in [0.05, 0.1) is 5.60 Å². The number of fused-ring (bicyclic) bond motifs is 1. The molecule has 0 aliphatic heterocycles. The van der Waals surface area contributed by atoms with E-state index in [1.807, 2.05) is 0 Å². The van der Waals surface area contributed by atoms with Crippen molar-refractivity contribution in [3.05, 3.63) is 0 Å². The maximum atomic E-state index is 6.36. The smallest absolute Gasteiger partial charge is 0.0685 e. The third-order valence-corrected chi connectivity index (χ3v) is 7.88. The van der Waals surface area contributed by atoms with Crippen molar-refractivity contribution in [3.8, 4) is 0 Å². The van der Waals surface area contributed by atoms with Gasteiger partial charge >= 0.3 is 0 Å². The Bertz CT molecular complexity index is 361. The molecule has 0 unspecified atom stereocenters. The van der Waals surface area contributed by atoms with Gasteiger partial charge in [-0.15, -0.1) is 0 Å². The monoisotopic (exact) mass is 280 g/mol. The fourth-order valence-corrected chi connectivity index (χ4v) is 5.46. The zero-order chi connectivity index (χ0) is 15.2. The lowest BCUT2D eigenvalue weighted by Gasteiger charge is -2.67. The molecule has 0 radical (unpaired) electrons. The molecule has 2 rings (SSSR count). The van der Waals surface area contributed by atoms with Crippen molar-refractivity contribution >= 4 is 0 Å². The Hall–Kier alpha value is -0.0400. The largest absolute Gasteiger partial charge is 0.375 e. The number of ether oxygens (including phenoxy) is 1. The molecule has 0 spiro atoms. The number of rotatable bonds is 3. The molecule has 0 aromatic carbocycles. The van der Waals surface area contributed by atoms with Crippen LogP contribution in [-0.4, -0.2) is 12.2 Å². The molecule has 1 heteroatoms. The molecule has 0 bridgehead atoms. The summed E-state index contributed by atoms with van der Waals surface area (Å²) in [6.45, 7) is 18.1. The van der Waals surface area contributed by atoms with E-state index >= 15 is 0 Å². The van der Waals surface area contributed by atoms with Crippen LogP contribution in [0, 0.1) is 22.2 Å². The second-order valence-corrected chi connectivity index (χ2v) is 8.87. The van der Waals surface area contributed by atoms with Gasteiger partial charge in [0.15, 0.2) is 0 Å². The highest BCUT2D eigenvalue weighted by atomic mass is 16.5. The summed E-state index contributed by atoms with van der Waals surface area (Å²) < 4.78 is 6.36. The van der Waals surface area contributed by atoms with Crippen molar-refractivity contribution in [1.29, 1.82) is 0 Å². The molecule has 0 aromatic rings. The molecule has 4 atom stereocenters. The molecular formula is C19H36O. The van der Waals surface area contributed by atoms with Crippen molar-refractivity contribution < 1.29 is 4.74 Å². The Morgan fingerprint density at radius 3 is 2.20 bits per heavy atom. The highest BCUT2D eigenvalue weighted by Crippen LogP contribution is 2.69. The summed E-state index contributed by atoms with van der Waals surface area (Å²) in [5, 5.41) is 0. The van der Waals surface area contributed by atoms with Gasteiger partial charge in [0.25, 0.3) is 0 Å². The normalized spacial score (nSPS) is 47.9. The molecule has 2 saturated carbocycles. The van der Waals surface area contributed by atoms with E-state index in [1.165, 1.54) is 32.1 Å². The van der Waals surface area contributed by atoms with Crippen molar-refractivity contribution in [2.24, 2.45) is 22.2 Å². The van der Waals surface area contributed by atoms with Gasteiger partial charge < -0.3 is 4.74 Å². The Balaban J connectivity index is 2.34. The van der Waals surface area contributed by atoms with Crippen LogP contribution in [0.5, 0.6) is 0 Å². The highest BCUT2D eigenvalue weighted by Gasteiger charge is 2.63. The molecule has 0 amide bonds. The van der Waals surface area contributed by atoms with E-state index in [-0.39, 0.29) is 5.60 Å². The van der Waals surface area contributed by atoms with Gasteiger partial charge in [-0.25, -0.2) is 0 Å². The number of hydrogen-bond donors (Lipinski definition) is 0. The average Bonchev–Trinajstić information content (AvgIpc) is 2.38. The summed E-state index contributed by atoms with van der Waals surface area (Å²) in [4.78, 5) is 0. The fraction of sp³-hybridized carbons (Fsp3) is 1.00. The van der Waals surface area contributed by atoms with Gasteiger partial charge in [-0.3, -0.25) is 0 Å². The topological polar surface area (TPSA) is 9.23 Å². The van der Waals surface area contributed by atoms with Crippen LogP contribution in [0.2, 0.25) is 0 Å². The van der Waals surface area contributed by atoms with Crippen LogP contribution in [0.15, 0.2) is 0 Å². The zero-order valence-electron chi connectivity index (χ0n) is 14.9. The first-order valence-electron chi connectivity index (χ1n) is 8.77. The maximum Gasteiger partial charge on any atom is 0.0685 e. The van der Waals surface area contributed by atoms with Crippen LogP contribution >= 0.6 is 0 Å². The van der Waals surface area contributed by atoms with Crippen LogP contribution in [-0.2, 0) is 4.74 Å². The molecule has 2 aliphatic rings. The quantitative estimate of drug-likeness (QED) is 0.632. The minimum absolute atomic E-state index is 0.0810. The SMILES string of the molecule is CCCO[C@]1(C)CC[C@@]2(C)C(C)(C)CCC[C@]2(C)[C@@H]1C. The summed E-state index contributed by atoms with van der Waals surface area (Å²) in [6, 6.07) is 0. The first-order valence-corrected chi connectivity index (χ1v) is 8.77. The van der Waals surface area contributed by atoms with Gasteiger partial charge in [0.2, 0.25) is 0 Å². The molecule has 20 heavy (non-hydrogen) atoms. The lowest BCUT2D eigenvalue weighted by molar-refractivity contribution is -0.226. The predicted molar refractivity (Wildman–Crippen MR) is 86.9 cm³/mol. The first-order chi connectivity index (χ1) is 9.13. The van der Waals surface area contributed by atoms with Crippen LogP contribution in [0.25, 0.3) is 0 Å². The van der Waals surface area contributed by atoms with E-state index in [0.29, 0.717) is 22.2 Å². The van der Waals surface area contributed by atoms with E-state index in [9.17, 15) is 0 Å². The molecular weight excluding hydrogens is 244 g/mol. The van der Waals surface area contributed by atoms with Gasteiger partial charge in [-0.1, -0.05) is 48.0 Å². The van der Waals surface area contributed by atoms with Crippen molar-refractivity contribution in [3.63, 3.8) is 0 Å². The Labute approximate surface area is 126 Å². The van der Waals surface area contributed by atoms with Gasteiger partial charge in [-0.2, -0.15) is 0 Å². The summed E-state index contributed by atoms with van der Waals surface area (Å²) >= 11 is 0. The Morgan fingerprint density at radius 1 is 0.950 bits per heavy atom. The third kappa shape index (κ3) is 2.07. The second kappa shape index (κ2) is 5.00. The van der Waals surface area contributed by atoms with Crippen LogP contribution in [0.3, 0.4) is 0 Å². The van der Waals surface area contributed by atoms with Crippen LogP contribution < -0.4 is 0 Å². The molecule has 118 valence electrons. The summed E-state index contributed by atoms with van der Waals surface area (Å²) in [7, 11) is 0. The summed E-state index contributed by atoms with van der Waals surface area (Å²) in [5.74, 6) is 0.639. The van der Waals surface area contributed by atoms with Crippen molar-refractivity contribution in [2.75, 3.05) is 6.61 Å². The molecule has 1 nitrogen and oxygen atoms in total. The minimum atomic E-state index is 0.0810. The predicted octanol–water partition coefficient (Wildman–Crippen LogP) is 5.82. The van der Waals surface area contributed by atoms with E-state index in [4.69, 9.17) is 4.74 Å². The Kier molecular flexibility index (Phi) is 4.09. The molecule has 2 aliphatic carbocycles. The van der Waals surface area contributed by atoms with E-state index < -0.39 is 0 Å². The minimum Gasteiger partial charge on any atom is -0.375 e. The molecule has 0 N–H and O–H groups in total. The summed E-state index contributed by atoms with van der Waals surface area (Å²) in [6.07, 6.45) is 7.82. The second-order valence-electron chi connectivity index (χ2n) is 8.87. The Morgan fingerprint density at radius 2 is 1.60 bits per heavy atom. The lowest BCUT2D eigenvalue weighted by Crippen LogP contribution is -2.62. The number of hydrogen-bond acceptors (Lipinski definition) is 1. The zero-order valence-corrected chi connectivity index (χ0v) is 14.9. The van der Waals surface area contributed by atoms with Crippen LogP contribution in [0.1, 0.15) is 87.0 Å². The fourth-order valence-electron chi connectivity index (χ4n) is 5.46. The van der Waals surface area contributed by atoms with E-state index in [0.717, 1.165) is 13.0 Å². The van der Waals surface area contributed by atoms with E-state index in [1.54, 1.807) is 0 Å². The maximum absolute atomic E-state index is 6.36. The van der Waals surface area contributed by atoms with Gasteiger partial charge in [0.1, 0.15) is 0 Å². The van der Waals surface area contributed by atoms with Gasteiger partial charge in [-0.05, 0) is 61.2 Å².